The average Bonchev–Trinajstić information content (AvgIpc) is 2.48. The lowest BCUT2D eigenvalue weighted by Gasteiger charge is -2.16. The monoisotopic (exact) mass is 350 g/mol. The summed E-state index contributed by atoms with van der Waals surface area (Å²) in [7, 11) is 0. The molecule has 2 N–H and O–H groups in total. The third-order valence-electron chi connectivity index (χ3n) is 3.11. The van der Waals surface area contributed by atoms with Crippen LogP contribution >= 0.6 is 15.9 Å². The SMILES string of the molecule is CC[C@H](N)c1ccccc1Oc1c(Br)cccc1[N+](=O)[O-]. The maximum atomic E-state index is 11.1. The van der Waals surface area contributed by atoms with E-state index in [2.05, 4.69) is 15.9 Å². The molecule has 0 aliphatic heterocycles. The van der Waals surface area contributed by atoms with Crippen molar-refractivity contribution in [2.75, 3.05) is 0 Å². The molecule has 1 atom stereocenters. The Kier molecular flexibility index (Phi) is 4.93. The van der Waals surface area contributed by atoms with E-state index in [9.17, 15) is 10.1 Å². The van der Waals surface area contributed by atoms with Gasteiger partial charge in [0.25, 0.3) is 0 Å². The Bertz CT molecular complexity index is 661. The first-order valence-electron chi connectivity index (χ1n) is 6.49. The average molecular weight is 351 g/mol. The quantitative estimate of drug-likeness (QED) is 0.633. The Labute approximate surface area is 131 Å². The molecule has 0 heterocycles. The van der Waals surface area contributed by atoms with E-state index in [-0.39, 0.29) is 17.5 Å². The molecule has 2 aromatic carbocycles. The van der Waals surface area contributed by atoms with Gasteiger partial charge in [0.05, 0.1) is 9.40 Å². The first kappa shape index (κ1) is 15.5. The number of nitro benzene ring substituents is 1. The summed E-state index contributed by atoms with van der Waals surface area (Å²) >= 11 is 3.29. The normalized spacial score (nSPS) is 12.0. The first-order valence-corrected chi connectivity index (χ1v) is 7.29. The maximum Gasteiger partial charge on any atom is 0.312 e. The van der Waals surface area contributed by atoms with E-state index in [1.54, 1.807) is 18.2 Å². The van der Waals surface area contributed by atoms with E-state index in [1.807, 2.05) is 25.1 Å². The van der Waals surface area contributed by atoms with Crippen molar-refractivity contribution < 1.29 is 9.66 Å². The Morgan fingerprint density at radius 1 is 1.29 bits per heavy atom. The summed E-state index contributed by atoms with van der Waals surface area (Å²) < 4.78 is 6.31. The van der Waals surface area contributed by atoms with Crippen LogP contribution in [-0.4, -0.2) is 4.92 Å². The fourth-order valence-electron chi connectivity index (χ4n) is 1.95. The zero-order valence-electron chi connectivity index (χ0n) is 11.5. The standard InChI is InChI=1S/C15H15BrN2O3/c1-2-12(17)10-6-3-4-9-14(10)21-15-11(16)7-5-8-13(15)18(19)20/h3-9,12H,2,17H2,1H3/t12-/m0/s1. The van der Waals surface area contributed by atoms with Gasteiger partial charge < -0.3 is 10.5 Å². The molecule has 0 fully saturated rings. The summed E-state index contributed by atoms with van der Waals surface area (Å²) in [6.07, 6.45) is 0.748. The van der Waals surface area contributed by atoms with Crippen molar-refractivity contribution in [3.8, 4) is 11.5 Å². The van der Waals surface area contributed by atoms with Gasteiger partial charge in [0, 0.05) is 17.7 Å². The number of benzene rings is 2. The van der Waals surface area contributed by atoms with Gasteiger partial charge in [0.1, 0.15) is 5.75 Å². The van der Waals surface area contributed by atoms with Gasteiger partial charge in [0.2, 0.25) is 5.75 Å². The molecule has 2 rings (SSSR count). The number of hydrogen-bond acceptors (Lipinski definition) is 4. The van der Waals surface area contributed by atoms with Crippen LogP contribution in [0.1, 0.15) is 24.9 Å². The Morgan fingerprint density at radius 3 is 2.67 bits per heavy atom. The summed E-state index contributed by atoms with van der Waals surface area (Å²) in [5.74, 6) is 0.708. The fourth-order valence-corrected chi connectivity index (χ4v) is 2.39. The Hall–Kier alpha value is -1.92. The van der Waals surface area contributed by atoms with Crippen molar-refractivity contribution in [3.63, 3.8) is 0 Å². The molecule has 0 spiro atoms. The van der Waals surface area contributed by atoms with E-state index < -0.39 is 4.92 Å². The highest BCUT2D eigenvalue weighted by Gasteiger charge is 2.20. The highest BCUT2D eigenvalue weighted by Crippen LogP contribution is 2.39. The van der Waals surface area contributed by atoms with Crippen LogP contribution in [0.5, 0.6) is 11.5 Å². The van der Waals surface area contributed by atoms with Gasteiger partial charge in [-0.1, -0.05) is 31.2 Å². The molecule has 0 saturated carbocycles. The number of nitro groups is 1. The molecule has 0 aromatic heterocycles. The summed E-state index contributed by atoms with van der Waals surface area (Å²) in [5, 5.41) is 11.1. The molecule has 110 valence electrons. The zero-order valence-corrected chi connectivity index (χ0v) is 13.0. The summed E-state index contributed by atoms with van der Waals surface area (Å²) in [5.41, 5.74) is 6.79. The minimum Gasteiger partial charge on any atom is -0.449 e. The minimum atomic E-state index is -0.470. The molecule has 6 heteroatoms. The van der Waals surface area contributed by atoms with Gasteiger partial charge >= 0.3 is 5.69 Å². The lowest BCUT2D eigenvalue weighted by Crippen LogP contribution is -2.10. The van der Waals surface area contributed by atoms with Gasteiger partial charge in [-0.2, -0.15) is 0 Å². The number of nitrogens with two attached hydrogens (primary N) is 1. The minimum absolute atomic E-state index is 0.0933. The number of nitrogens with zero attached hydrogens (tertiary/aromatic N) is 1. The molecule has 0 amide bonds. The molecule has 0 radical (unpaired) electrons. The zero-order chi connectivity index (χ0) is 15.4. The van der Waals surface area contributed by atoms with E-state index in [1.165, 1.54) is 6.07 Å². The van der Waals surface area contributed by atoms with Crippen molar-refractivity contribution in [3.05, 3.63) is 62.6 Å². The summed E-state index contributed by atoms with van der Waals surface area (Å²) in [4.78, 5) is 10.6. The number of hydrogen-bond donors (Lipinski definition) is 1. The molecule has 0 aliphatic carbocycles. The molecular formula is C15H15BrN2O3. The van der Waals surface area contributed by atoms with Crippen LogP contribution in [0.2, 0.25) is 0 Å². The molecule has 5 nitrogen and oxygen atoms in total. The van der Waals surface area contributed by atoms with Crippen LogP contribution in [0, 0.1) is 10.1 Å². The largest absolute Gasteiger partial charge is 0.449 e. The first-order chi connectivity index (χ1) is 10.0. The van der Waals surface area contributed by atoms with Gasteiger partial charge in [-0.25, -0.2) is 0 Å². The predicted octanol–water partition coefficient (Wildman–Crippen LogP) is 4.56. The molecule has 0 saturated heterocycles. The third-order valence-corrected chi connectivity index (χ3v) is 3.74. The van der Waals surface area contributed by atoms with Gasteiger partial charge in [-0.15, -0.1) is 0 Å². The molecule has 2 aromatic rings. The van der Waals surface area contributed by atoms with E-state index >= 15 is 0 Å². The van der Waals surface area contributed by atoms with Gasteiger partial charge in [0.15, 0.2) is 0 Å². The van der Waals surface area contributed by atoms with Crippen LogP contribution in [0.4, 0.5) is 5.69 Å². The van der Waals surface area contributed by atoms with E-state index in [4.69, 9.17) is 10.5 Å². The van der Waals surface area contributed by atoms with Crippen LogP contribution < -0.4 is 10.5 Å². The Morgan fingerprint density at radius 2 is 2.00 bits per heavy atom. The smallest absolute Gasteiger partial charge is 0.312 e. The summed E-state index contributed by atoms with van der Waals surface area (Å²) in [6.45, 7) is 1.97. The number of halogens is 1. The van der Waals surface area contributed by atoms with Crippen LogP contribution in [0.15, 0.2) is 46.9 Å². The van der Waals surface area contributed by atoms with Crippen LogP contribution in [0.25, 0.3) is 0 Å². The molecule has 21 heavy (non-hydrogen) atoms. The fraction of sp³-hybridized carbons (Fsp3) is 0.200. The second-order valence-corrected chi connectivity index (χ2v) is 5.35. The number of rotatable bonds is 5. The lowest BCUT2D eigenvalue weighted by atomic mass is 10.0. The topological polar surface area (TPSA) is 78.4 Å². The van der Waals surface area contributed by atoms with E-state index in [0.29, 0.717) is 10.2 Å². The van der Waals surface area contributed by atoms with Crippen molar-refractivity contribution in [2.24, 2.45) is 5.73 Å². The highest BCUT2D eigenvalue weighted by atomic mass is 79.9. The van der Waals surface area contributed by atoms with Crippen molar-refractivity contribution in [1.82, 2.24) is 0 Å². The van der Waals surface area contributed by atoms with Gasteiger partial charge in [-0.05, 0) is 34.5 Å². The van der Waals surface area contributed by atoms with Crippen molar-refractivity contribution in [1.29, 1.82) is 0 Å². The molecule has 0 unspecified atom stereocenters. The van der Waals surface area contributed by atoms with Crippen LogP contribution in [0.3, 0.4) is 0 Å². The third kappa shape index (κ3) is 3.40. The second kappa shape index (κ2) is 6.69. The Balaban J connectivity index is 2.46. The number of ether oxygens (including phenoxy) is 1. The molecule has 0 aliphatic rings. The highest BCUT2D eigenvalue weighted by molar-refractivity contribution is 9.10. The maximum absolute atomic E-state index is 11.1. The predicted molar refractivity (Wildman–Crippen MR) is 84.5 cm³/mol. The molecular weight excluding hydrogens is 336 g/mol. The van der Waals surface area contributed by atoms with E-state index in [0.717, 1.165) is 12.0 Å². The summed E-state index contributed by atoms with van der Waals surface area (Å²) in [6, 6.07) is 11.8. The molecule has 0 bridgehead atoms. The lowest BCUT2D eigenvalue weighted by molar-refractivity contribution is -0.385. The van der Waals surface area contributed by atoms with Gasteiger partial charge in [-0.3, -0.25) is 10.1 Å². The van der Waals surface area contributed by atoms with Crippen molar-refractivity contribution >= 4 is 21.6 Å². The van der Waals surface area contributed by atoms with Crippen molar-refractivity contribution in [2.45, 2.75) is 19.4 Å². The second-order valence-electron chi connectivity index (χ2n) is 4.50. The van der Waals surface area contributed by atoms with Crippen LogP contribution in [-0.2, 0) is 0 Å². The number of para-hydroxylation sites is 2.